The Morgan fingerprint density at radius 3 is 2.44 bits per heavy atom. The van der Waals surface area contributed by atoms with E-state index in [1.54, 1.807) is 14.7 Å². The molecule has 4 aliphatic heterocycles. The van der Waals surface area contributed by atoms with Crippen molar-refractivity contribution in [3.05, 3.63) is 84.5 Å². The summed E-state index contributed by atoms with van der Waals surface area (Å²) < 4.78 is 12.4. The quantitative estimate of drug-likeness (QED) is 0.306. The fourth-order valence-corrected chi connectivity index (χ4v) is 7.53. The van der Waals surface area contributed by atoms with Crippen LogP contribution in [0.4, 0.5) is 5.69 Å². The molecule has 0 radical (unpaired) electrons. The van der Waals surface area contributed by atoms with Crippen LogP contribution in [0.5, 0.6) is 5.75 Å². The molecule has 238 valence electrons. The fraction of sp³-hybridized carbons (Fsp3) is 0.472. The second-order valence-electron chi connectivity index (χ2n) is 12.3. The van der Waals surface area contributed by atoms with Crippen LogP contribution in [0.1, 0.15) is 38.7 Å². The van der Waals surface area contributed by atoms with Crippen LogP contribution in [-0.2, 0) is 25.5 Å². The Bertz CT molecular complexity index is 1440. The molecule has 2 fully saturated rings. The summed E-state index contributed by atoms with van der Waals surface area (Å²) in [5.41, 5.74) is 0.302. The molecule has 2 aromatic carbocycles. The van der Waals surface area contributed by atoms with E-state index in [1.807, 2.05) is 85.8 Å². The first-order chi connectivity index (χ1) is 21.9. The minimum absolute atomic E-state index is 0.199. The smallest absolute Gasteiger partial charge is 0.249 e. The molecule has 2 saturated heterocycles. The van der Waals surface area contributed by atoms with Crippen molar-refractivity contribution in [1.29, 1.82) is 0 Å². The molecule has 6 rings (SSSR count). The minimum atomic E-state index is -1.34. The Labute approximate surface area is 265 Å². The van der Waals surface area contributed by atoms with E-state index < -0.39 is 35.6 Å². The molecule has 2 aromatic rings. The number of carbonyl (C=O) groups excluding carboxylic acids is 3. The van der Waals surface area contributed by atoms with E-state index >= 15 is 0 Å². The highest BCUT2D eigenvalue weighted by molar-refractivity contribution is 6.04. The summed E-state index contributed by atoms with van der Waals surface area (Å²) >= 11 is 0. The van der Waals surface area contributed by atoms with E-state index in [2.05, 4.69) is 6.92 Å². The normalized spacial score (nSPS) is 28.1. The van der Waals surface area contributed by atoms with Gasteiger partial charge in [0.2, 0.25) is 17.7 Å². The van der Waals surface area contributed by atoms with Gasteiger partial charge >= 0.3 is 0 Å². The largest absolute Gasteiger partial charge is 0.494 e. The van der Waals surface area contributed by atoms with Crippen LogP contribution in [0.2, 0.25) is 0 Å². The van der Waals surface area contributed by atoms with Gasteiger partial charge in [0.1, 0.15) is 17.4 Å². The van der Waals surface area contributed by atoms with Crippen molar-refractivity contribution < 1.29 is 29.0 Å². The molecule has 1 unspecified atom stereocenters. The fourth-order valence-electron chi connectivity index (χ4n) is 7.53. The number of amides is 3. The Balaban J connectivity index is 1.40. The van der Waals surface area contributed by atoms with Crippen LogP contribution in [0.25, 0.3) is 0 Å². The zero-order valence-corrected chi connectivity index (χ0v) is 26.1. The van der Waals surface area contributed by atoms with Gasteiger partial charge in [-0.2, -0.15) is 0 Å². The predicted octanol–water partition coefficient (Wildman–Crippen LogP) is 3.76. The van der Waals surface area contributed by atoms with E-state index in [-0.39, 0.29) is 24.3 Å². The van der Waals surface area contributed by atoms with Crippen LogP contribution in [0, 0.1) is 11.8 Å². The maximum atomic E-state index is 14.8. The number of fused-ring (bicyclic) bond motifs is 2. The average molecular weight is 614 g/mol. The first-order valence-corrected chi connectivity index (χ1v) is 16.3. The van der Waals surface area contributed by atoms with E-state index in [0.29, 0.717) is 44.1 Å². The molecule has 0 saturated carbocycles. The van der Waals surface area contributed by atoms with E-state index in [9.17, 15) is 19.5 Å². The maximum absolute atomic E-state index is 14.8. The molecule has 0 aliphatic carbocycles. The summed E-state index contributed by atoms with van der Waals surface area (Å²) in [6.45, 7) is 5.55. The molecule has 4 aliphatic rings. The lowest BCUT2D eigenvalue weighted by Crippen LogP contribution is -2.58. The van der Waals surface area contributed by atoms with Gasteiger partial charge < -0.3 is 29.3 Å². The number of hydrogen-bond acceptors (Lipinski definition) is 6. The molecular formula is C36H43N3O6. The highest BCUT2D eigenvalue weighted by Gasteiger charge is 2.72. The minimum Gasteiger partial charge on any atom is -0.494 e. The summed E-state index contributed by atoms with van der Waals surface area (Å²) in [5.74, 6) is -1.80. The zero-order chi connectivity index (χ0) is 31.6. The van der Waals surface area contributed by atoms with Crippen molar-refractivity contribution in [3.8, 4) is 5.75 Å². The number of aliphatic hydroxyl groups is 1. The van der Waals surface area contributed by atoms with Crippen LogP contribution in [-0.4, -0.2) is 89.3 Å². The van der Waals surface area contributed by atoms with E-state index in [0.717, 1.165) is 24.8 Å². The summed E-state index contributed by atoms with van der Waals surface area (Å²) in [4.78, 5) is 48.8. The van der Waals surface area contributed by atoms with Gasteiger partial charge in [-0.05, 0) is 49.6 Å². The molecule has 1 N–H and O–H groups in total. The molecule has 9 nitrogen and oxygen atoms in total. The maximum Gasteiger partial charge on any atom is 0.249 e. The average Bonchev–Trinajstić information content (AvgIpc) is 3.38. The predicted molar refractivity (Wildman–Crippen MR) is 171 cm³/mol. The number of rotatable bonds is 11. The van der Waals surface area contributed by atoms with Crippen molar-refractivity contribution in [2.75, 3.05) is 37.7 Å². The van der Waals surface area contributed by atoms with Crippen molar-refractivity contribution >= 4 is 23.4 Å². The number of benzene rings is 2. The number of nitrogens with zero attached hydrogens (tertiary/aromatic N) is 3. The zero-order valence-electron chi connectivity index (χ0n) is 26.1. The van der Waals surface area contributed by atoms with Crippen LogP contribution >= 0.6 is 0 Å². The Morgan fingerprint density at radius 1 is 0.956 bits per heavy atom. The van der Waals surface area contributed by atoms with Crippen LogP contribution in [0.3, 0.4) is 0 Å². The topological polar surface area (TPSA) is 99.6 Å². The van der Waals surface area contributed by atoms with Gasteiger partial charge in [0.15, 0.2) is 0 Å². The second kappa shape index (κ2) is 13.2. The molecule has 9 heteroatoms. The number of carbonyl (C=O) groups is 3. The third-order valence-electron chi connectivity index (χ3n) is 9.59. The van der Waals surface area contributed by atoms with Gasteiger partial charge in [-0.15, -0.1) is 0 Å². The molecule has 1 spiro atoms. The number of hydrogen-bond donors (Lipinski definition) is 1. The van der Waals surface area contributed by atoms with E-state index in [1.165, 1.54) is 0 Å². The lowest BCUT2D eigenvalue weighted by Gasteiger charge is -2.38. The first-order valence-electron chi connectivity index (χ1n) is 16.3. The number of anilines is 1. The van der Waals surface area contributed by atoms with Crippen molar-refractivity contribution in [2.24, 2.45) is 11.8 Å². The van der Waals surface area contributed by atoms with E-state index in [4.69, 9.17) is 9.47 Å². The third kappa shape index (κ3) is 5.57. The molecular weight excluding hydrogens is 570 g/mol. The lowest BCUT2D eigenvalue weighted by atomic mass is 9.77. The Kier molecular flexibility index (Phi) is 9.10. The molecule has 0 bridgehead atoms. The monoisotopic (exact) mass is 613 g/mol. The first kappa shape index (κ1) is 31.0. The highest BCUT2D eigenvalue weighted by atomic mass is 16.5. The highest BCUT2D eigenvalue weighted by Crippen LogP contribution is 2.54. The number of likely N-dealkylation sites (tertiary alicyclic amines) is 1. The summed E-state index contributed by atoms with van der Waals surface area (Å²) in [6, 6.07) is 15.3. The van der Waals surface area contributed by atoms with Crippen molar-refractivity contribution in [2.45, 2.75) is 63.3 Å². The molecule has 6 atom stereocenters. The van der Waals surface area contributed by atoms with Gasteiger partial charge in [-0.1, -0.05) is 74.4 Å². The van der Waals surface area contributed by atoms with Gasteiger partial charge in [0.05, 0.1) is 37.2 Å². The van der Waals surface area contributed by atoms with Crippen LogP contribution in [0.15, 0.2) is 78.9 Å². The number of ether oxygens (including phenoxy) is 2. The second-order valence-corrected chi connectivity index (χ2v) is 12.3. The van der Waals surface area contributed by atoms with Crippen LogP contribution < -0.4 is 9.64 Å². The summed E-state index contributed by atoms with van der Waals surface area (Å²) in [5, 5.41) is 10.7. The molecule has 3 amide bonds. The van der Waals surface area contributed by atoms with Crippen molar-refractivity contribution in [1.82, 2.24) is 9.80 Å². The van der Waals surface area contributed by atoms with Gasteiger partial charge in [-0.25, -0.2) is 0 Å². The Hall–Kier alpha value is -3.95. The SMILES string of the molecule is CCCCCN1CC=C[C@]23O[C@@H]4C=CCN(c5ccc(OCC)cc5)C(=O)[C@@H]4[C@H]2C(=O)N([C@@H](CO)Cc2ccccc2)C3C1=O. The Morgan fingerprint density at radius 2 is 1.73 bits per heavy atom. The van der Waals surface area contributed by atoms with Gasteiger partial charge in [-0.3, -0.25) is 14.4 Å². The molecule has 45 heavy (non-hydrogen) atoms. The lowest BCUT2D eigenvalue weighted by molar-refractivity contribution is -0.150. The summed E-state index contributed by atoms with van der Waals surface area (Å²) in [7, 11) is 0. The molecule has 0 aromatic heterocycles. The standard InChI is InChI=1S/C36H43N3O6/c1-3-5-9-20-37-21-11-19-36-31(34(42)39(32(36)35(37)43)27(24-40)23-25-12-7-6-8-13-25)30-29(45-36)14-10-22-38(33(30)41)26-15-17-28(18-16-26)44-4-2/h6-8,10-19,27,29-32,40H,3-5,9,20-24H2,1-2H3/t27-,29-,30+,31+,32?,36+/m1/s1. The van der Waals surface area contributed by atoms with Gasteiger partial charge in [0.25, 0.3) is 0 Å². The molecule has 4 heterocycles. The van der Waals surface area contributed by atoms with Crippen molar-refractivity contribution in [3.63, 3.8) is 0 Å². The number of unbranched alkanes of at least 4 members (excludes halogenated alkanes) is 2. The summed E-state index contributed by atoms with van der Waals surface area (Å²) in [6.07, 6.45) is 10.1. The third-order valence-corrected chi connectivity index (χ3v) is 9.59. The number of aliphatic hydroxyl groups excluding tert-OH is 1. The van der Waals surface area contributed by atoms with Gasteiger partial charge in [0, 0.05) is 25.3 Å².